The van der Waals surface area contributed by atoms with Crippen molar-refractivity contribution in [3.8, 4) is 0 Å². The number of hydrogen-bond acceptors (Lipinski definition) is 4. The summed E-state index contributed by atoms with van der Waals surface area (Å²) >= 11 is 11.8. The number of sulfonamides is 1. The van der Waals surface area contributed by atoms with Gasteiger partial charge in [0.15, 0.2) is 0 Å². The molecule has 0 aliphatic rings. The van der Waals surface area contributed by atoms with Crippen LogP contribution in [0.2, 0.25) is 10.0 Å². The molecule has 0 aliphatic heterocycles. The Morgan fingerprint density at radius 3 is 2.53 bits per heavy atom. The zero-order valence-corrected chi connectivity index (χ0v) is 12.9. The second-order valence-electron chi connectivity index (χ2n) is 3.85. The van der Waals surface area contributed by atoms with Crippen LogP contribution in [0.25, 0.3) is 0 Å². The van der Waals surface area contributed by atoms with Gasteiger partial charge in [-0.25, -0.2) is 8.42 Å². The summed E-state index contributed by atoms with van der Waals surface area (Å²) in [5, 5.41) is 9.33. The van der Waals surface area contributed by atoms with Gasteiger partial charge >= 0.3 is 0 Å². The number of hydrogen-bond donors (Lipinski definition) is 1. The Kier molecular flexibility index (Phi) is 6.04. The minimum Gasteiger partial charge on any atom is -0.392 e. The molecule has 0 fully saturated rings. The van der Waals surface area contributed by atoms with Crippen LogP contribution in [0.3, 0.4) is 0 Å². The summed E-state index contributed by atoms with van der Waals surface area (Å²) in [6.45, 7) is 0.0700. The van der Waals surface area contributed by atoms with E-state index in [0.717, 1.165) is 4.31 Å². The molecule has 108 valence electrons. The summed E-state index contributed by atoms with van der Waals surface area (Å²) in [7, 11) is -0.867. The molecule has 0 bridgehead atoms. The normalized spacial score (nSPS) is 12.1. The highest BCUT2D eigenvalue weighted by Crippen LogP contribution is 2.31. The molecule has 0 atom stereocenters. The van der Waals surface area contributed by atoms with Gasteiger partial charge in [0.05, 0.1) is 18.2 Å². The van der Waals surface area contributed by atoms with E-state index in [-0.39, 0.29) is 40.3 Å². The summed E-state index contributed by atoms with van der Waals surface area (Å²) in [5.74, 6) is 0. The molecular weight excluding hydrogens is 313 g/mol. The molecule has 0 saturated heterocycles. The first-order chi connectivity index (χ1) is 8.84. The summed E-state index contributed by atoms with van der Waals surface area (Å²) < 4.78 is 30.6. The van der Waals surface area contributed by atoms with Crippen LogP contribution in [0.1, 0.15) is 5.56 Å². The molecule has 0 unspecified atom stereocenters. The van der Waals surface area contributed by atoms with E-state index in [9.17, 15) is 8.42 Å². The van der Waals surface area contributed by atoms with Crippen molar-refractivity contribution in [1.82, 2.24) is 4.31 Å². The molecule has 19 heavy (non-hydrogen) atoms. The fourth-order valence-electron chi connectivity index (χ4n) is 1.43. The number of nitrogens with zero attached hydrogens (tertiary/aromatic N) is 1. The molecular formula is C11H15Cl2NO4S. The maximum Gasteiger partial charge on any atom is 0.244 e. The maximum atomic E-state index is 12.3. The topological polar surface area (TPSA) is 66.8 Å². The quantitative estimate of drug-likeness (QED) is 0.864. The van der Waals surface area contributed by atoms with Gasteiger partial charge in [-0.15, -0.1) is 0 Å². The minimum absolute atomic E-state index is 0.0174. The van der Waals surface area contributed by atoms with Crippen LogP contribution in [0.5, 0.6) is 0 Å². The van der Waals surface area contributed by atoms with Gasteiger partial charge in [-0.3, -0.25) is 0 Å². The van der Waals surface area contributed by atoms with Crippen molar-refractivity contribution in [2.75, 3.05) is 27.3 Å². The van der Waals surface area contributed by atoms with E-state index in [2.05, 4.69) is 0 Å². The first kappa shape index (κ1) is 16.7. The van der Waals surface area contributed by atoms with Gasteiger partial charge < -0.3 is 9.84 Å². The molecule has 0 amide bonds. The molecule has 1 aromatic carbocycles. The van der Waals surface area contributed by atoms with Crippen molar-refractivity contribution in [2.45, 2.75) is 11.5 Å². The predicted octanol–water partition coefficient (Wildman–Crippen LogP) is 1.75. The lowest BCUT2D eigenvalue weighted by atomic mass is 10.2. The SMILES string of the molecule is COCCN(C)S(=O)(=O)c1cc(Cl)cc(CO)c1Cl. The van der Waals surface area contributed by atoms with E-state index in [0.29, 0.717) is 0 Å². The molecule has 0 spiro atoms. The molecule has 1 N–H and O–H groups in total. The molecule has 0 saturated carbocycles. The molecule has 8 heteroatoms. The molecule has 0 radical (unpaired) electrons. The van der Waals surface area contributed by atoms with Crippen LogP contribution in [0.4, 0.5) is 0 Å². The standard InChI is InChI=1S/C11H15Cl2NO4S/c1-14(3-4-18-2)19(16,17)10-6-9(12)5-8(7-15)11(10)13/h5-6,15H,3-4,7H2,1-2H3. The Labute approximate surface area is 122 Å². The second-order valence-corrected chi connectivity index (χ2v) is 6.68. The Morgan fingerprint density at radius 2 is 2.00 bits per heavy atom. The average molecular weight is 328 g/mol. The third-order valence-electron chi connectivity index (χ3n) is 2.55. The van der Waals surface area contributed by atoms with Gasteiger partial charge in [-0.05, 0) is 17.7 Å². The molecule has 1 aromatic rings. The number of halogens is 2. The first-order valence-electron chi connectivity index (χ1n) is 5.38. The van der Waals surface area contributed by atoms with Gasteiger partial charge in [0.1, 0.15) is 4.90 Å². The van der Waals surface area contributed by atoms with Crippen molar-refractivity contribution in [3.63, 3.8) is 0 Å². The fraction of sp³-hybridized carbons (Fsp3) is 0.455. The number of benzene rings is 1. The van der Waals surface area contributed by atoms with E-state index in [1.807, 2.05) is 0 Å². The van der Waals surface area contributed by atoms with Gasteiger partial charge in [-0.1, -0.05) is 23.2 Å². The smallest absolute Gasteiger partial charge is 0.244 e. The van der Waals surface area contributed by atoms with Crippen LogP contribution < -0.4 is 0 Å². The molecule has 0 heterocycles. The Bertz CT molecular complexity index is 548. The lowest BCUT2D eigenvalue weighted by Crippen LogP contribution is -2.30. The molecule has 0 aromatic heterocycles. The number of aliphatic hydroxyl groups excluding tert-OH is 1. The Balaban J connectivity index is 3.25. The zero-order chi connectivity index (χ0) is 14.6. The van der Waals surface area contributed by atoms with Crippen molar-refractivity contribution < 1.29 is 18.3 Å². The number of rotatable bonds is 6. The van der Waals surface area contributed by atoms with Crippen LogP contribution in [-0.4, -0.2) is 45.1 Å². The predicted molar refractivity (Wildman–Crippen MR) is 74.1 cm³/mol. The van der Waals surface area contributed by atoms with Crippen molar-refractivity contribution in [1.29, 1.82) is 0 Å². The minimum atomic E-state index is -3.77. The van der Waals surface area contributed by atoms with E-state index in [1.54, 1.807) is 0 Å². The first-order valence-corrected chi connectivity index (χ1v) is 7.58. The summed E-state index contributed by atoms with van der Waals surface area (Å²) in [6.07, 6.45) is 0. The highest BCUT2D eigenvalue weighted by atomic mass is 35.5. The van der Waals surface area contributed by atoms with Crippen molar-refractivity contribution >= 4 is 33.2 Å². The lowest BCUT2D eigenvalue weighted by Gasteiger charge is -2.18. The molecule has 5 nitrogen and oxygen atoms in total. The van der Waals surface area contributed by atoms with Gasteiger partial charge in [0.25, 0.3) is 0 Å². The summed E-state index contributed by atoms with van der Waals surface area (Å²) in [5.41, 5.74) is 0.271. The second kappa shape index (κ2) is 6.88. The van der Waals surface area contributed by atoms with Crippen molar-refractivity contribution in [2.24, 2.45) is 0 Å². The van der Waals surface area contributed by atoms with Gasteiger partial charge in [-0.2, -0.15) is 4.31 Å². The van der Waals surface area contributed by atoms with Crippen LogP contribution in [0.15, 0.2) is 17.0 Å². The third kappa shape index (κ3) is 3.81. The van der Waals surface area contributed by atoms with Gasteiger partial charge in [0, 0.05) is 25.7 Å². The van der Waals surface area contributed by atoms with E-state index < -0.39 is 10.0 Å². The van der Waals surface area contributed by atoms with E-state index >= 15 is 0 Å². The maximum absolute atomic E-state index is 12.3. The Hall–Kier alpha value is -0.370. The highest BCUT2D eigenvalue weighted by Gasteiger charge is 2.25. The summed E-state index contributed by atoms with van der Waals surface area (Å²) in [4.78, 5) is -0.121. The third-order valence-corrected chi connectivity index (χ3v) is 5.21. The fourth-order valence-corrected chi connectivity index (χ4v) is 3.48. The monoisotopic (exact) mass is 327 g/mol. The van der Waals surface area contributed by atoms with Crippen molar-refractivity contribution in [3.05, 3.63) is 27.7 Å². The number of methoxy groups -OCH3 is 1. The van der Waals surface area contributed by atoms with Gasteiger partial charge in [0.2, 0.25) is 10.0 Å². The number of likely N-dealkylation sites (N-methyl/N-ethyl adjacent to an activating group) is 1. The van der Waals surface area contributed by atoms with E-state index in [1.165, 1.54) is 26.3 Å². The number of aliphatic hydroxyl groups is 1. The average Bonchev–Trinajstić information content (AvgIpc) is 2.37. The number of ether oxygens (including phenoxy) is 1. The zero-order valence-electron chi connectivity index (χ0n) is 10.6. The lowest BCUT2D eigenvalue weighted by molar-refractivity contribution is 0.185. The molecule has 0 aliphatic carbocycles. The van der Waals surface area contributed by atoms with Crippen LogP contribution >= 0.6 is 23.2 Å². The van der Waals surface area contributed by atoms with Crippen LogP contribution in [-0.2, 0) is 21.4 Å². The Morgan fingerprint density at radius 1 is 1.37 bits per heavy atom. The van der Waals surface area contributed by atoms with Crippen LogP contribution in [0, 0.1) is 0 Å². The molecule has 1 rings (SSSR count). The highest BCUT2D eigenvalue weighted by molar-refractivity contribution is 7.89. The van der Waals surface area contributed by atoms with E-state index in [4.69, 9.17) is 33.0 Å². The largest absolute Gasteiger partial charge is 0.392 e. The summed E-state index contributed by atoms with van der Waals surface area (Å²) in [6, 6.07) is 2.69.